The maximum absolute atomic E-state index is 11.6. The van der Waals surface area contributed by atoms with E-state index < -0.39 is 10.8 Å². The van der Waals surface area contributed by atoms with Crippen molar-refractivity contribution < 1.29 is 9.00 Å². The van der Waals surface area contributed by atoms with E-state index in [9.17, 15) is 9.00 Å². The third kappa shape index (κ3) is 6.78. The number of carbonyl (C=O) groups excluding carboxylic acids is 1. The lowest BCUT2D eigenvalue weighted by molar-refractivity contribution is -0.121. The number of amides is 1. The van der Waals surface area contributed by atoms with Crippen molar-refractivity contribution in [3.05, 3.63) is 0 Å². The molecule has 1 heterocycles. The average molecular weight is 260 g/mol. The van der Waals surface area contributed by atoms with Crippen LogP contribution in [0.3, 0.4) is 0 Å². The van der Waals surface area contributed by atoms with E-state index >= 15 is 0 Å². The molecule has 1 aliphatic rings. The second kappa shape index (κ2) is 7.82. The topological polar surface area (TPSA) is 58.2 Å². The number of hydrogen-bond donors (Lipinski definition) is 2. The van der Waals surface area contributed by atoms with E-state index in [-0.39, 0.29) is 11.9 Å². The Bertz CT molecular complexity index is 265. The van der Waals surface area contributed by atoms with Gasteiger partial charge in [-0.15, -0.1) is 0 Å². The molecule has 5 heteroatoms. The predicted octanol–water partition coefficient (Wildman–Crippen LogP) is 0.649. The van der Waals surface area contributed by atoms with Crippen LogP contribution in [0.4, 0.5) is 0 Å². The normalized spacial score (nSPS) is 23.3. The minimum atomic E-state index is -0.766. The fraction of sp³-hybridized carbons (Fsp3) is 0.917. The average Bonchev–Trinajstić information content (AvgIpc) is 2.76. The zero-order valence-electron chi connectivity index (χ0n) is 10.8. The molecule has 0 bridgehead atoms. The molecular weight excluding hydrogens is 236 g/mol. The zero-order chi connectivity index (χ0) is 12.7. The molecule has 1 amide bonds. The van der Waals surface area contributed by atoms with Crippen molar-refractivity contribution in [2.75, 3.05) is 25.1 Å². The summed E-state index contributed by atoms with van der Waals surface area (Å²) in [7, 11) is -0.766. The van der Waals surface area contributed by atoms with Gasteiger partial charge in [0.25, 0.3) is 0 Å². The molecule has 4 nitrogen and oxygen atoms in total. The summed E-state index contributed by atoms with van der Waals surface area (Å²) in [6, 6.07) is 0.133. The number of rotatable bonds is 7. The lowest BCUT2D eigenvalue weighted by Crippen LogP contribution is -2.33. The van der Waals surface area contributed by atoms with Gasteiger partial charge in [0.2, 0.25) is 5.91 Å². The predicted molar refractivity (Wildman–Crippen MR) is 71.4 cm³/mol. The summed E-state index contributed by atoms with van der Waals surface area (Å²) < 4.78 is 10.9. The molecule has 1 saturated heterocycles. The Morgan fingerprint density at radius 2 is 2.35 bits per heavy atom. The van der Waals surface area contributed by atoms with Gasteiger partial charge in [-0.05, 0) is 45.2 Å². The van der Waals surface area contributed by atoms with E-state index in [0.29, 0.717) is 18.1 Å². The minimum absolute atomic E-state index is 0.131. The molecule has 1 aliphatic heterocycles. The van der Waals surface area contributed by atoms with Gasteiger partial charge in [0.05, 0.1) is 0 Å². The monoisotopic (exact) mass is 260 g/mol. The van der Waals surface area contributed by atoms with Gasteiger partial charge in [0.15, 0.2) is 0 Å². The van der Waals surface area contributed by atoms with Gasteiger partial charge >= 0.3 is 0 Å². The highest BCUT2D eigenvalue weighted by Crippen LogP contribution is 2.14. The van der Waals surface area contributed by atoms with Gasteiger partial charge in [-0.25, -0.2) is 0 Å². The summed E-state index contributed by atoms with van der Waals surface area (Å²) in [5.41, 5.74) is 0. The standard InChI is InChI=1S/C12H24N2O2S/c1-10(6-8-17(2)16)14-12(15)4-3-11-5-7-13-9-11/h10-11,13H,3-9H2,1-2H3,(H,14,15). The molecule has 0 saturated carbocycles. The molecule has 17 heavy (non-hydrogen) atoms. The number of carbonyl (C=O) groups is 1. The van der Waals surface area contributed by atoms with Gasteiger partial charge in [0, 0.05) is 35.3 Å². The van der Waals surface area contributed by atoms with Gasteiger partial charge < -0.3 is 10.6 Å². The summed E-state index contributed by atoms with van der Waals surface area (Å²) in [5, 5.41) is 6.27. The maximum Gasteiger partial charge on any atom is 0.220 e. The Kier molecular flexibility index (Phi) is 6.73. The summed E-state index contributed by atoms with van der Waals surface area (Å²) in [6.45, 7) is 4.12. The van der Waals surface area contributed by atoms with Crippen LogP contribution < -0.4 is 10.6 Å². The van der Waals surface area contributed by atoms with Crippen molar-refractivity contribution in [2.45, 2.75) is 38.6 Å². The Morgan fingerprint density at radius 3 is 2.94 bits per heavy atom. The van der Waals surface area contributed by atoms with E-state index in [1.807, 2.05) is 6.92 Å². The lowest BCUT2D eigenvalue weighted by atomic mass is 10.0. The van der Waals surface area contributed by atoms with Gasteiger partial charge in [0.1, 0.15) is 0 Å². The fourth-order valence-corrected chi connectivity index (χ4v) is 2.74. The maximum atomic E-state index is 11.6. The third-order valence-electron chi connectivity index (χ3n) is 3.19. The Balaban J connectivity index is 2.08. The van der Waals surface area contributed by atoms with E-state index in [2.05, 4.69) is 10.6 Å². The van der Waals surface area contributed by atoms with E-state index in [0.717, 1.165) is 25.9 Å². The summed E-state index contributed by atoms with van der Waals surface area (Å²) in [5.74, 6) is 1.46. The van der Waals surface area contributed by atoms with Crippen molar-refractivity contribution in [1.82, 2.24) is 10.6 Å². The molecule has 0 radical (unpaired) electrons. The molecule has 0 aromatic carbocycles. The fourth-order valence-electron chi connectivity index (χ4n) is 2.06. The quantitative estimate of drug-likeness (QED) is 0.706. The van der Waals surface area contributed by atoms with Gasteiger partial charge in [-0.1, -0.05) is 0 Å². The number of hydrogen-bond acceptors (Lipinski definition) is 3. The smallest absolute Gasteiger partial charge is 0.220 e. The summed E-state index contributed by atoms with van der Waals surface area (Å²) >= 11 is 0. The second-order valence-corrected chi connectivity index (χ2v) is 6.49. The molecule has 3 unspecified atom stereocenters. The molecule has 1 fully saturated rings. The molecular formula is C12H24N2O2S. The van der Waals surface area contributed by atoms with Crippen molar-refractivity contribution in [3.8, 4) is 0 Å². The summed E-state index contributed by atoms with van der Waals surface area (Å²) in [4.78, 5) is 11.6. The van der Waals surface area contributed by atoms with Crippen LogP contribution in [0, 0.1) is 5.92 Å². The molecule has 2 N–H and O–H groups in total. The largest absolute Gasteiger partial charge is 0.354 e. The van der Waals surface area contributed by atoms with Crippen LogP contribution >= 0.6 is 0 Å². The molecule has 0 spiro atoms. The van der Waals surface area contributed by atoms with E-state index in [1.54, 1.807) is 6.26 Å². The SMILES string of the molecule is CC(CCS(C)=O)NC(=O)CCC1CCNC1. The van der Waals surface area contributed by atoms with Crippen LogP contribution in [-0.4, -0.2) is 41.3 Å². The van der Waals surface area contributed by atoms with Crippen molar-refractivity contribution >= 4 is 16.7 Å². The van der Waals surface area contributed by atoms with Crippen LogP contribution in [-0.2, 0) is 15.6 Å². The van der Waals surface area contributed by atoms with Crippen molar-refractivity contribution in [2.24, 2.45) is 5.92 Å². The highest BCUT2D eigenvalue weighted by Gasteiger charge is 2.16. The molecule has 100 valence electrons. The van der Waals surface area contributed by atoms with Crippen LogP contribution in [0.2, 0.25) is 0 Å². The molecule has 0 aromatic rings. The van der Waals surface area contributed by atoms with Crippen molar-refractivity contribution in [3.63, 3.8) is 0 Å². The Morgan fingerprint density at radius 1 is 1.59 bits per heavy atom. The minimum Gasteiger partial charge on any atom is -0.354 e. The zero-order valence-corrected chi connectivity index (χ0v) is 11.6. The first kappa shape index (κ1) is 14.6. The molecule has 3 atom stereocenters. The van der Waals surface area contributed by atoms with Crippen LogP contribution in [0.1, 0.15) is 32.6 Å². The Labute approximate surface area is 106 Å². The third-order valence-corrected chi connectivity index (χ3v) is 4.00. The second-order valence-electron chi connectivity index (χ2n) is 4.93. The van der Waals surface area contributed by atoms with Gasteiger partial charge in [-0.3, -0.25) is 9.00 Å². The van der Waals surface area contributed by atoms with Crippen LogP contribution in [0.5, 0.6) is 0 Å². The van der Waals surface area contributed by atoms with Crippen molar-refractivity contribution in [1.29, 1.82) is 0 Å². The highest BCUT2D eigenvalue weighted by atomic mass is 32.2. The first-order chi connectivity index (χ1) is 8.08. The van der Waals surface area contributed by atoms with E-state index in [1.165, 1.54) is 6.42 Å². The Hall–Kier alpha value is -0.420. The molecule has 0 aromatic heterocycles. The lowest BCUT2D eigenvalue weighted by Gasteiger charge is -2.14. The molecule has 0 aliphatic carbocycles. The first-order valence-corrected chi connectivity index (χ1v) is 8.10. The molecule has 1 rings (SSSR count). The van der Waals surface area contributed by atoms with Crippen LogP contribution in [0.25, 0.3) is 0 Å². The van der Waals surface area contributed by atoms with E-state index in [4.69, 9.17) is 0 Å². The van der Waals surface area contributed by atoms with Gasteiger partial charge in [-0.2, -0.15) is 0 Å². The number of nitrogens with one attached hydrogen (secondary N) is 2. The highest BCUT2D eigenvalue weighted by molar-refractivity contribution is 7.84. The van der Waals surface area contributed by atoms with Crippen LogP contribution in [0.15, 0.2) is 0 Å². The summed E-state index contributed by atoms with van der Waals surface area (Å²) in [6.07, 6.45) is 5.27. The first-order valence-electron chi connectivity index (χ1n) is 6.38.